The van der Waals surface area contributed by atoms with E-state index in [2.05, 4.69) is 28.5 Å². The molecule has 1 aliphatic rings. The van der Waals surface area contributed by atoms with Gasteiger partial charge in [-0.05, 0) is 42.5 Å². The molecule has 0 bridgehead atoms. The molecule has 4 rings (SSSR count). The number of aromatic amines is 1. The predicted molar refractivity (Wildman–Crippen MR) is 97.3 cm³/mol. The summed E-state index contributed by atoms with van der Waals surface area (Å²) in [6.45, 7) is 0.463. The standard InChI is InChI=1S/C20H19ClN2O/c21-17-10-3-1-6-13(17)12-22-20(24)16-9-5-8-15-14-7-2-4-11-18(14)23-19(15)16/h1-4,6-7,10-11,16,23H,5,8-9,12H2,(H,22,24). The average Bonchev–Trinajstić information content (AvgIpc) is 2.99. The first kappa shape index (κ1) is 15.3. The number of para-hydroxylation sites is 1. The topological polar surface area (TPSA) is 44.9 Å². The van der Waals surface area contributed by atoms with E-state index in [9.17, 15) is 4.79 Å². The van der Waals surface area contributed by atoms with Gasteiger partial charge in [0, 0.05) is 28.2 Å². The van der Waals surface area contributed by atoms with E-state index in [1.807, 2.05) is 30.3 Å². The highest BCUT2D eigenvalue weighted by molar-refractivity contribution is 6.31. The zero-order chi connectivity index (χ0) is 16.5. The fourth-order valence-electron chi connectivity index (χ4n) is 3.62. The minimum Gasteiger partial charge on any atom is -0.357 e. The summed E-state index contributed by atoms with van der Waals surface area (Å²) in [4.78, 5) is 16.2. The lowest BCUT2D eigenvalue weighted by molar-refractivity contribution is -0.123. The Kier molecular flexibility index (Phi) is 4.03. The Balaban J connectivity index is 1.57. The van der Waals surface area contributed by atoms with Crippen molar-refractivity contribution in [3.63, 3.8) is 0 Å². The Morgan fingerprint density at radius 3 is 2.83 bits per heavy atom. The highest BCUT2D eigenvalue weighted by Gasteiger charge is 2.29. The van der Waals surface area contributed by atoms with Crippen LogP contribution in [0, 0.1) is 0 Å². The minimum atomic E-state index is -0.108. The molecular weight excluding hydrogens is 320 g/mol. The van der Waals surface area contributed by atoms with Crippen LogP contribution in [0.25, 0.3) is 10.9 Å². The molecule has 0 spiro atoms. The second-order valence-electron chi connectivity index (χ2n) is 6.32. The highest BCUT2D eigenvalue weighted by Crippen LogP contribution is 2.36. The normalized spacial score (nSPS) is 16.8. The summed E-state index contributed by atoms with van der Waals surface area (Å²) in [5, 5.41) is 4.99. The molecule has 2 N–H and O–H groups in total. The molecule has 2 aromatic carbocycles. The lowest BCUT2D eigenvalue weighted by Crippen LogP contribution is -2.31. The lowest BCUT2D eigenvalue weighted by Gasteiger charge is -2.22. The molecule has 0 radical (unpaired) electrons. The van der Waals surface area contributed by atoms with Gasteiger partial charge < -0.3 is 10.3 Å². The summed E-state index contributed by atoms with van der Waals surface area (Å²) >= 11 is 6.17. The molecule has 3 aromatic rings. The number of carbonyl (C=O) groups excluding carboxylic acids is 1. The molecule has 0 saturated carbocycles. The Morgan fingerprint density at radius 2 is 1.96 bits per heavy atom. The fourth-order valence-corrected chi connectivity index (χ4v) is 3.83. The van der Waals surface area contributed by atoms with E-state index >= 15 is 0 Å². The number of benzene rings is 2. The van der Waals surface area contributed by atoms with Crippen LogP contribution in [-0.2, 0) is 17.8 Å². The summed E-state index contributed by atoms with van der Waals surface area (Å²) in [5.74, 6) is -0.0361. The number of hydrogen-bond acceptors (Lipinski definition) is 1. The maximum Gasteiger partial charge on any atom is 0.229 e. The smallest absolute Gasteiger partial charge is 0.229 e. The van der Waals surface area contributed by atoms with Gasteiger partial charge in [-0.1, -0.05) is 48.0 Å². The van der Waals surface area contributed by atoms with Crippen molar-refractivity contribution < 1.29 is 4.79 Å². The van der Waals surface area contributed by atoms with Gasteiger partial charge in [-0.15, -0.1) is 0 Å². The first-order chi connectivity index (χ1) is 11.7. The molecule has 3 nitrogen and oxygen atoms in total. The Morgan fingerprint density at radius 1 is 1.17 bits per heavy atom. The van der Waals surface area contributed by atoms with Crippen molar-refractivity contribution in [2.45, 2.75) is 31.7 Å². The molecule has 1 aromatic heterocycles. The Bertz CT molecular complexity index is 900. The number of halogens is 1. The minimum absolute atomic E-state index is 0.0717. The summed E-state index contributed by atoms with van der Waals surface area (Å²) < 4.78 is 0. The van der Waals surface area contributed by atoms with E-state index in [0.29, 0.717) is 11.6 Å². The van der Waals surface area contributed by atoms with E-state index in [1.165, 1.54) is 10.9 Å². The van der Waals surface area contributed by atoms with E-state index in [0.717, 1.165) is 36.0 Å². The number of hydrogen-bond donors (Lipinski definition) is 2. The molecule has 122 valence electrons. The van der Waals surface area contributed by atoms with Gasteiger partial charge in [0.2, 0.25) is 5.91 Å². The fraction of sp³-hybridized carbons (Fsp3) is 0.250. The number of carbonyl (C=O) groups is 1. The van der Waals surface area contributed by atoms with Crippen LogP contribution < -0.4 is 5.32 Å². The first-order valence-electron chi connectivity index (χ1n) is 8.34. The zero-order valence-corrected chi connectivity index (χ0v) is 14.1. The van der Waals surface area contributed by atoms with Gasteiger partial charge in [0.25, 0.3) is 0 Å². The average molecular weight is 339 g/mol. The zero-order valence-electron chi connectivity index (χ0n) is 13.3. The molecule has 1 unspecified atom stereocenters. The van der Waals surface area contributed by atoms with Gasteiger partial charge in [-0.25, -0.2) is 0 Å². The van der Waals surface area contributed by atoms with Crippen molar-refractivity contribution in [3.8, 4) is 0 Å². The van der Waals surface area contributed by atoms with Crippen molar-refractivity contribution in [3.05, 3.63) is 70.4 Å². The van der Waals surface area contributed by atoms with E-state index in [4.69, 9.17) is 11.6 Å². The van der Waals surface area contributed by atoms with E-state index in [1.54, 1.807) is 0 Å². The number of fused-ring (bicyclic) bond motifs is 3. The van der Waals surface area contributed by atoms with Gasteiger partial charge >= 0.3 is 0 Å². The summed E-state index contributed by atoms with van der Waals surface area (Å²) in [5.41, 5.74) is 4.45. The lowest BCUT2D eigenvalue weighted by atomic mass is 9.86. The van der Waals surface area contributed by atoms with Crippen molar-refractivity contribution in [2.24, 2.45) is 0 Å². The van der Waals surface area contributed by atoms with Crippen LogP contribution in [0.2, 0.25) is 5.02 Å². The van der Waals surface area contributed by atoms with Crippen LogP contribution in [0.3, 0.4) is 0 Å². The number of nitrogens with one attached hydrogen (secondary N) is 2. The molecule has 1 heterocycles. The summed E-state index contributed by atoms with van der Waals surface area (Å²) in [7, 11) is 0. The molecule has 0 fully saturated rings. The quantitative estimate of drug-likeness (QED) is 0.722. The third kappa shape index (κ3) is 2.69. The third-order valence-corrected chi connectivity index (χ3v) is 5.21. The molecule has 4 heteroatoms. The number of aromatic nitrogens is 1. The predicted octanol–water partition coefficient (Wildman–Crippen LogP) is 4.56. The number of amides is 1. The van der Waals surface area contributed by atoms with Crippen molar-refractivity contribution >= 4 is 28.4 Å². The van der Waals surface area contributed by atoms with Gasteiger partial charge in [-0.3, -0.25) is 4.79 Å². The largest absolute Gasteiger partial charge is 0.357 e. The van der Waals surface area contributed by atoms with Crippen LogP contribution in [0.4, 0.5) is 0 Å². The molecular formula is C20H19ClN2O. The Labute approximate surface area is 146 Å². The van der Waals surface area contributed by atoms with Gasteiger partial charge in [0.05, 0.1) is 5.92 Å². The Hall–Kier alpha value is -2.26. The maximum atomic E-state index is 12.7. The van der Waals surface area contributed by atoms with E-state index < -0.39 is 0 Å². The van der Waals surface area contributed by atoms with Crippen molar-refractivity contribution in [1.29, 1.82) is 0 Å². The van der Waals surface area contributed by atoms with Crippen LogP contribution in [-0.4, -0.2) is 10.9 Å². The van der Waals surface area contributed by atoms with Crippen LogP contribution in [0.15, 0.2) is 48.5 Å². The summed E-state index contributed by atoms with van der Waals surface area (Å²) in [6.07, 6.45) is 2.96. The van der Waals surface area contributed by atoms with Crippen molar-refractivity contribution in [1.82, 2.24) is 10.3 Å². The monoisotopic (exact) mass is 338 g/mol. The van der Waals surface area contributed by atoms with Gasteiger partial charge in [0.1, 0.15) is 0 Å². The second-order valence-corrected chi connectivity index (χ2v) is 6.72. The molecule has 1 atom stereocenters. The summed E-state index contributed by atoms with van der Waals surface area (Å²) in [6, 6.07) is 15.9. The SMILES string of the molecule is O=C(NCc1ccccc1Cl)C1CCCc2c1[nH]c1ccccc21. The van der Waals surface area contributed by atoms with Gasteiger partial charge in [-0.2, -0.15) is 0 Å². The maximum absolute atomic E-state index is 12.7. The van der Waals surface area contributed by atoms with Crippen LogP contribution >= 0.6 is 11.6 Å². The third-order valence-electron chi connectivity index (χ3n) is 4.84. The second kappa shape index (κ2) is 6.33. The first-order valence-corrected chi connectivity index (χ1v) is 8.72. The van der Waals surface area contributed by atoms with Crippen LogP contribution in [0.5, 0.6) is 0 Å². The van der Waals surface area contributed by atoms with Crippen LogP contribution in [0.1, 0.15) is 35.6 Å². The molecule has 0 saturated heterocycles. The van der Waals surface area contributed by atoms with Crippen molar-refractivity contribution in [2.75, 3.05) is 0 Å². The number of H-pyrrole nitrogens is 1. The molecule has 1 aliphatic carbocycles. The van der Waals surface area contributed by atoms with Gasteiger partial charge in [0.15, 0.2) is 0 Å². The molecule has 1 amide bonds. The highest BCUT2D eigenvalue weighted by atomic mass is 35.5. The molecule has 0 aliphatic heterocycles. The van der Waals surface area contributed by atoms with E-state index in [-0.39, 0.29) is 11.8 Å². The number of rotatable bonds is 3. The number of aryl methyl sites for hydroxylation is 1. The molecule has 24 heavy (non-hydrogen) atoms.